The number of esters is 2. The molecule has 15 heavy (non-hydrogen) atoms. The summed E-state index contributed by atoms with van der Waals surface area (Å²) in [6, 6.07) is 0. The van der Waals surface area contributed by atoms with Crippen molar-refractivity contribution in [3.63, 3.8) is 0 Å². The zero-order valence-corrected chi connectivity index (χ0v) is 9.58. The number of hydrogen-bond acceptors (Lipinski definition) is 4. The fraction of sp³-hybridized carbons (Fsp3) is 0.818. The predicted molar refractivity (Wildman–Crippen MR) is 56.4 cm³/mol. The molecule has 0 amide bonds. The molecule has 0 radical (unpaired) electrons. The van der Waals surface area contributed by atoms with Crippen LogP contribution in [0.5, 0.6) is 0 Å². The van der Waals surface area contributed by atoms with Crippen LogP contribution >= 0.6 is 0 Å². The van der Waals surface area contributed by atoms with E-state index in [1.807, 2.05) is 6.92 Å². The van der Waals surface area contributed by atoms with E-state index >= 15 is 0 Å². The van der Waals surface area contributed by atoms with E-state index in [2.05, 4.69) is 0 Å². The third-order valence-corrected chi connectivity index (χ3v) is 1.84. The topological polar surface area (TPSA) is 52.6 Å². The Morgan fingerprint density at radius 1 is 1.00 bits per heavy atom. The Kier molecular flexibility index (Phi) is 8.82. The maximum Gasteiger partial charge on any atom is 0.305 e. The van der Waals surface area contributed by atoms with E-state index in [0.29, 0.717) is 32.5 Å². The summed E-state index contributed by atoms with van der Waals surface area (Å²) in [6.07, 6.45) is 3.77. The van der Waals surface area contributed by atoms with Crippen LogP contribution in [0.3, 0.4) is 0 Å². The molecule has 0 heterocycles. The Morgan fingerprint density at radius 2 is 1.67 bits per heavy atom. The fourth-order valence-corrected chi connectivity index (χ4v) is 0.990. The van der Waals surface area contributed by atoms with Crippen LogP contribution in [0, 0.1) is 0 Å². The Bertz CT molecular complexity index is 189. The van der Waals surface area contributed by atoms with Crippen molar-refractivity contribution < 1.29 is 19.1 Å². The van der Waals surface area contributed by atoms with Gasteiger partial charge in [-0.15, -0.1) is 0 Å². The van der Waals surface area contributed by atoms with E-state index < -0.39 is 0 Å². The van der Waals surface area contributed by atoms with Crippen LogP contribution in [-0.2, 0) is 19.1 Å². The van der Waals surface area contributed by atoms with Crippen molar-refractivity contribution in [2.45, 2.75) is 46.0 Å². The lowest BCUT2D eigenvalue weighted by Gasteiger charge is -2.03. The SMILES string of the molecule is CCCCOC(=O)CCCCOC(C)=O. The Labute approximate surface area is 90.9 Å². The smallest absolute Gasteiger partial charge is 0.305 e. The number of ether oxygens (including phenoxy) is 2. The van der Waals surface area contributed by atoms with Gasteiger partial charge in [-0.05, 0) is 19.3 Å². The molecule has 4 nitrogen and oxygen atoms in total. The molecule has 0 spiro atoms. The van der Waals surface area contributed by atoms with E-state index in [4.69, 9.17) is 9.47 Å². The largest absolute Gasteiger partial charge is 0.466 e. The van der Waals surface area contributed by atoms with Crippen LogP contribution in [-0.4, -0.2) is 25.2 Å². The first kappa shape index (κ1) is 13.9. The molecular formula is C11H20O4. The van der Waals surface area contributed by atoms with Gasteiger partial charge < -0.3 is 9.47 Å². The van der Waals surface area contributed by atoms with Crippen molar-refractivity contribution >= 4 is 11.9 Å². The molecule has 0 saturated heterocycles. The molecule has 0 aliphatic carbocycles. The highest BCUT2D eigenvalue weighted by atomic mass is 16.5. The number of carbonyl (C=O) groups excluding carboxylic acids is 2. The average molecular weight is 216 g/mol. The van der Waals surface area contributed by atoms with Crippen LogP contribution in [0.25, 0.3) is 0 Å². The maximum absolute atomic E-state index is 11.1. The molecular weight excluding hydrogens is 196 g/mol. The minimum absolute atomic E-state index is 0.161. The van der Waals surface area contributed by atoms with Gasteiger partial charge in [-0.2, -0.15) is 0 Å². The minimum atomic E-state index is -0.277. The van der Waals surface area contributed by atoms with Crippen molar-refractivity contribution in [1.82, 2.24) is 0 Å². The van der Waals surface area contributed by atoms with Crippen molar-refractivity contribution in [2.24, 2.45) is 0 Å². The molecule has 88 valence electrons. The van der Waals surface area contributed by atoms with E-state index in [9.17, 15) is 9.59 Å². The Balaban J connectivity index is 3.20. The second-order valence-corrected chi connectivity index (χ2v) is 3.37. The second-order valence-electron chi connectivity index (χ2n) is 3.37. The van der Waals surface area contributed by atoms with Crippen LogP contribution in [0.4, 0.5) is 0 Å². The highest BCUT2D eigenvalue weighted by Gasteiger charge is 2.02. The highest BCUT2D eigenvalue weighted by Crippen LogP contribution is 1.99. The van der Waals surface area contributed by atoms with Crippen molar-refractivity contribution in [2.75, 3.05) is 13.2 Å². The molecule has 0 aliphatic heterocycles. The number of unbranched alkanes of at least 4 members (excludes halogenated alkanes) is 2. The number of carbonyl (C=O) groups is 2. The Hall–Kier alpha value is -1.06. The van der Waals surface area contributed by atoms with Gasteiger partial charge in [0, 0.05) is 13.3 Å². The molecule has 0 N–H and O–H groups in total. The highest BCUT2D eigenvalue weighted by molar-refractivity contribution is 5.69. The maximum atomic E-state index is 11.1. The van der Waals surface area contributed by atoms with Gasteiger partial charge in [0.25, 0.3) is 0 Å². The molecule has 0 unspecified atom stereocenters. The zero-order chi connectivity index (χ0) is 11.5. The standard InChI is InChI=1S/C11H20O4/c1-3-4-8-15-11(13)7-5-6-9-14-10(2)12/h3-9H2,1-2H3. The molecule has 0 saturated carbocycles. The first-order valence-electron chi connectivity index (χ1n) is 5.45. The molecule has 4 heteroatoms. The quantitative estimate of drug-likeness (QED) is 0.460. The summed E-state index contributed by atoms with van der Waals surface area (Å²) in [4.78, 5) is 21.5. The molecule has 0 aromatic carbocycles. The summed E-state index contributed by atoms with van der Waals surface area (Å²) < 4.78 is 9.69. The predicted octanol–water partition coefficient (Wildman–Crippen LogP) is 2.06. The van der Waals surface area contributed by atoms with Crippen LogP contribution in [0.15, 0.2) is 0 Å². The average Bonchev–Trinajstić information content (AvgIpc) is 2.17. The second kappa shape index (κ2) is 9.49. The van der Waals surface area contributed by atoms with Gasteiger partial charge >= 0.3 is 11.9 Å². The summed E-state index contributed by atoms with van der Waals surface area (Å²) in [5.74, 6) is -0.438. The summed E-state index contributed by atoms with van der Waals surface area (Å²) in [6.45, 7) is 4.32. The van der Waals surface area contributed by atoms with Crippen molar-refractivity contribution in [3.8, 4) is 0 Å². The van der Waals surface area contributed by atoms with E-state index in [1.165, 1.54) is 6.92 Å². The number of rotatable bonds is 8. The fourth-order valence-electron chi connectivity index (χ4n) is 0.990. The van der Waals surface area contributed by atoms with E-state index in [-0.39, 0.29) is 11.9 Å². The summed E-state index contributed by atoms with van der Waals surface area (Å²) in [5, 5.41) is 0. The van der Waals surface area contributed by atoms with Gasteiger partial charge in [-0.3, -0.25) is 9.59 Å². The molecule has 0 aromatic rings. The lowest BCUT2D eigenvalue weighted by Crippen LogP contribution is -2.06. The van der Waals surface area contributed by atoms with Crippen molar-refractivity contribution in [1.29, 1.82) is 0 Å². The lowest BCUT2D eigenvalue weighted by atomic mass is 10.2. The third kappa shape index (κ3) is 10.9. The van der Waals surface area contributed by atoms with Gasteiger partial charge in [0.05, 0.1) is 13.2 Å². The molecule has 0 rings (SSSR count). The van der Waals surface area contributed by atoms with Crippen molar-refractivity contribution in [3.05, 3.63) is 0 Å². The summed E-state index contributed by atoms with van der Waals surface area (Å²) in [7, 11) is 0. The van der Waals surface area contributed by atoms with Crippen LogP contribution in [0.1, 0.15) is 46.0 Å². The van der Waals surface area contributed by atoms with E-state index in [0.717, 1.165) is 12.8 Å². The third-order valence-electron chi connectivity index (χ3n) is 1.84. The minimum Gasteiger partial charge on any atom is -0.466 e. The van der Waals surface area contributed by atoms with Gasteiger partial charge in [0.15, 0.2) is 0 Å². The van der Waals surface area contributed by atoms with Crippen LogP contribution < -0.4 is 0 Å². The van der Waals surface area contributed by atoms with Gasteiger partial charge in [0.1, 0.15) is 0 Å². The molecule has 0 fully saturated rings. The summed E-state index contributed by atoms with van der Waals surface area (Å²) >= 11 is 0. The molecule has 0 bridgehead atoms. The van der Waals surface area contributed by atoms with E-state index in [1.54, 1.807) is 0 Å². The first-order valence-corrected chi connectivity index (χ1v) is 5.45. The lowest BCUT2D eigenvalue weighted by molar-refractivity contribution is -0.143. The van der Waals surface area contributed by atoms with Gasteiger partial charge in [-0.1, -0.05) is 13.3 Å². The Morgan fingerprint density at radius 3 is 2.27 bits per heavy atom. The monoisotopic (exact) mass is 216 g/mol. The van der Waals surface area contributed by atoms with Gasteiger partial charge in [-0.25, -0.2) is 0 Å². The normalized spacial score (nSPS) is 9.73. The van der Waals surface area contributed by atoms with Crippen LogP contribution in [0.2, 0.25) is 0 Å². The molecule has 0 aliphatic rings. The number of hydrogen-bond donors (Lipinski definition) is 0. The molecule has 0 atom stereocenters. The molecule has 0 aromatic heterocycles. The summed E-state index contributed by atoms with van der Waals surface area (Å²) in [5.41, 5.74) is 0. The first-order chi connectivity index (χ1) is 7.16. The zero-order valence-electron chi connectivity index (χ0n) is 9.58. The van der Waals surface area contributed by atoms with Gasteiger partial charge in [0.2, 0.25) is 0 Å².